The van der Waals surface area contributed by atoms with Crippen LogP contribution < -0.4 is 0 Å². The number of hydrogen-bond donors (Lipinski definition) is 0. The molecule has 0 aromatic heterocycles. The first-order valence-electron chi connectivity index (χ1n) is 2.36. The highest BCUT2D eigenvalue weighted by atomic mass is 16.6. The Morgan fingerprint density at radius 3 is 2.44 bits per heavy atom. The Hall–Kier alpha value is -1.38. The maximum absolute atomic E-state index is 9.62. The summed E-state index contributed by atoms with van der Waals surface area (Å²) in [7, 11) is 0. The molecule has 0 amide bonds. The van der Waals surface area contributed by atoms with Crippen molar-refractivity contribution in [3.8, 4) is 0 Å². The van der Waals surface area contributed by atoms with E-state index in [9.17, 15) is 10.1 Å². The van der Waals surface area contributed by atoms with Gasteiger partial charge in [0.1, 0.15) is 0 Å². The topological polar surface area (TPSA) is 43.1 Å². The minimum atomic E-state index is -0.520. The lowest BCUT2D eigenvalue weighted by molar-refractivity contribution is -0.402. The van der Waals surface area contributed by atoms with E-state index < -0.39 is 4.92 Å². The van der Waals surface area contributed by atoms with E-state index in [0.717, 1.165) is 6.20 Å². The smallest absolute Gasteiger partial charge is 0.234 e. The van der Waals surface area contributed by atoms with E-state index in [2.05, 4.69) is 6.58 Å². The van der Waals surface area contributed by atoms with Crippen LogP contribution in [0.1, 0.15) is 0 Å². The second-order valence-corrected chi connectivity index (χ2v) is 1.25. The summed E-state index contributed by atoms with van der Waals surface area (Å²) in [6.07, 6.45) is 6.89. The Balaban J connectivity index is 3.59. The SMILES string of the molecule is C=C/C=C\C=C\[N+](=O)[O-]. The Morgan fingerprint density at radius 1 is 1.33 bits per heavy atom. The van der Waals surface area contributed by atoms with Gasteiger partial charge in [-0.25, -0.2) is 0 Å². The summed E-state index contributed by atoms with van der Waals surface area (Å²) in [6, 6.07) is 0. The molecule has 0 saturated carbocycles. The molecule has 0 aromatic rings. The summed E-state index contributed by atoms with van der Waals surface area (Å²) < 4.78 is 0. The van der Waals surface area contributed by atoms with Gasteiger partial charge in [-0.3, -0.25) is 10.1 Å². The predicted octanol–water partition coefficient (Wildman–Crippen LogP) is 1.52. The molecule has 0 fully saturated rings. The van der Waals surface area contributed by atoms with E-state index in [1.165, 1.54) is 12.2 Å². The standard InChI is InChI=1S/C6H7NO2/c1-2-3-4-5-6-7(8)9/h2-6H,1H2/b4-3-,6-5+. The van der Waals surface area contributed by atoms with Gasteiger partial charge in [-0.05, 0) is 0 Å². The summed E-state index contributed by atoms with van der Waals surface area (Å²) in [4.78, 5) is 9.10. The lowest BCUT2D eigenvalue weighted by Crippen LogP contribution is -1.79. The highest BCUT2D eigenvalue weighted by Crippen LogP contribution is 1.77. The molecule has 0 aliphatic heterocycles. The maximum Gasteiger partial charge on any atom is 0.234 e. The van der Waals surface area contributed by atoms with Crippen molar-refractivity contribution in [3.63, 3.8) is 0 Å². The number of allylic oxidation sites excluding steroid dienone is 4. The molecular formula is C6H7NO2. The highest BCUT2D eigenvalue weighted by molar-refractivity contribution is 5.06. The van der Waals surface area contributed by atoms with E-state index in [4.69, 9.17) is 0 Å². The predicted molar refractivity (Wildman–Crippen MR) is 35.5 cm³/mol. The van der Waals surface area contributed by atoms with Crippen molar-refractivity contribution in [1.29, 1.82) is 0 Å². The Bertz CT molecular complexity index is 158. The van der Waals surface area contributed by atoms with Crippen LogP contribution in [0.2, 0.25) is 0 Å². The average molecular weight is 125 g/mol. The van der Waals surface area contributed by atoms with Crippen LogP contribution >= 0.6 is 0 Å². The van der Waals surface area contributed by atoms with Gasteiger partial charge in [0.25, 0.3) is 0 Å². The zero-order chi connectivity index (χ0) is 7.11. The second-order valence-electron chi connectivity index (χ2n) is 1.25. The molecule has 0 unspecified atom stereocenters. The molecule has 3 nitrogen and oxygen atoms in total. The van der Waals surface area contributed by atoms with Crippen LogP contribution in [0, 0.1) is 10.1 Å². The average Bonchev–Trinajstić information content (AvgIpc) is 1.80. The van der Waals surface area contributed by atoms with Crippen molar-refractivity contribution in [2.45, 2.75) is 0 Å². The van der Waals surface area contributed by atoms with Crippen molar-refractivity contribution >= 4 is 0 Å². The maximum atomic E-state index is 9.62. The van der Waals surface area contributed by atoms with Crippen LogP contribution in [0.3, 0.4) is 0 Å². The molecular weight excluding hydrogens is 118 g/mol. The first-order valence-corrected chi connectivity index (χ1v) is 2.36. The third-order valence-electron chi connectivity index (χ3n) is 0.566. The number of rotatable bonds is 3. The lowest BCUT2D eigenvalue weighted by Gasteiger charge is -1.72. The molecule has 0 aliphatic rings. The van der Waals surface area contributed by atoms with Crippen molar-refractivity contribution in [2.75, 3.05) is 0 Å². The van der Waals surface area contributed by atoms with Crippen LogP contribution in [0.25, 0.3) is 0 Å². The van der Waals surface area contributed by atoms with E-state index in [0.29, 0.717) is 0 Å². The quantitative estimate of drug-likeness (QED) is 0.326. The van der Waals surface area contributed by atoms with Gasteiger partial charge in [-0.15, -0.1) is 0 Å². The molecule has 0 N–H and O–H groups in total. The Kier molecular flexibility index (Phi) is 4.04. The first-order chi connectivity index (χ1) is 4.27. The fraction of sp³-hybridized carbons (Fsp3) is 0. The van der Waals surface area contributed by atoms with Crippen molar-refractivity contribution in [2.24, 2.45) is 0 Å². The van der Waals surface area contributed by atoms with E-state index in [-0.39, 0.29) is 0 Å². The van der Waals surface area contributed by atoms with Gasteiger partial charge in [0.2, 0.25) is 6.20 Å². The normalized spacial score (nSPS) is 10.7. The van der Waals surface area contributed by atoms with Crippen LogP contribution in [0.4, 0.5) is 0 Å². The molecule has 48 valence electrons. The molecule has 0 bridgehead atoms. The minimum Gasteiger partial charge on any atom is -0.259 e. The van der Waals surface area contributed by atoms with Gasteiger partial charge in [0, 0.05) is 6.08 Å². The molecule has 0 aliphatic carbocycles. The van der Waals surface area contributed by atoms with Crippen molar-refractivity contribution < 1.29 is 4.92 Å². The number of hydrogen-bond acceptors (Lipinski definition) is 2. The minimum absolute atomic E-state index is 0.520. The van der Waals surface area contributed by atoms with E-state index >= 15 is 0 Å². The zero-order valence-electron chi connectivity index (χ0n) is 4.86. The second kappa shape index (κ2) is 4.77. The van der Waals surface area contributed by atoms with Gasteiger partial charge < -0.3 is 0 Å². The first kappa shape index (κ1) is 7.62. The van der Waals surface area contributed by atoms with Crippen molar-refractivity contribution in [1.82, 2.24) is 0 Å². The van der Waals surface area contributed by atoms with Crippen LogP contribution in [0.5, 0.6) is 0 Å². The largest absolute Gasteiger partial charge is 0.259 e. The fourth-order valence-corrected chi connectivity index (χ4v) is 0.263. The molecule has 0 saturated heterocycles. The third kappa shape index (κ3) is 6.62. The fourth-order valence-electron chi connectivity index (χ4n) is 0.263. The molecule has 3 heteroatoms. The summed E-state index contributed by atoms with van der Waals surface area (Å²) >= 11 is 0. The molecule has 0 atom stereocenters. The van der Waals surface area contributed by atoms with Crippen molar-refractivity contribution in [3.05, 3.63) is 47.2 Å². The highest BCUT2D eigenvalue weighted by Gasteiger charge is 1.76. The molecule has 0 radical (unpaired) electrons. The summed E-state index contributed by atoms with van der Waals surface area (Å²) in [5.74, 6) is 0. The van der Waals surface area contributed by atoms with E-state index in [1.807, 2.05) is 0 Å². The summed E-state index contributed by atoms with van der Waals surface area (Å²) in [5, 5.41) is 9.62. The number of nitrogens with zero attached hydrogens (tertiary/aromatic N) is 1. The Labute approximate surface area is 53.1 Å². The van der Waals surface area contributed by atoms with Gasteiger partial charge in [-0.2, -0.15) is 0 Å². The summed E-state index contributed by atoms with van der Waals surface area (Å²) in [6.45, 7) is 3.39. The molecule has 9 heavy (non-hydrogen) atoms. The van der Waals surface area contributed by atoms with Crippen LogP contribution in [-0.2, 0) is 0 Å². The molecule has 0 spiro atoms. The monoisotopic (exact) mass is 125 g/mol. The van der Waals surface area contributed by atoms with Gasteiger partial charge >= 0.3 is 0 Å². The molecule has 0 rings (SSSR count). The molecule has 0 aromatic carbocycles. The lowest BCUT2D eigenvalue weighted by atomic mass is 10.5. The summed E-state index contributed by atoms with van der Waals surface area (Å²) in [5.41, 5.74) is 0. The third-order valence-corrected chi connectivity index (χ3v) is 0.566. The van der Waals surface area contributed by atoms with Gasteiger partial charge in [-0.1, -0.05) is 24.8 Å². The van der Waals surface area contributed by atoms with Crippen LogP contribution in [-0.4, -0.2) is 4.92 Å². The zero-order valence-corrected chi connectivity index (χ0v) is 4.86. The van der Waals surface area contributed by atoms with Gasteiger partial charge in [0.05, 0.1) is 4.92 Å². The van der Waals surface area contributed by atoms with Crippen LogP contribution in [0.15, 0.2) is 37.1 Å². The Morgan fingerprint density at radius 2 is 2.00 bits per heavy atom. The van der Waals surface area contributed by atoms with E-state index in [1.54, 1.807) is 12.2 Å². The number of nitro groups is 1. The van der Waals surface area contributed by atoms with Gasteiger partial charge in [0.15, 0.2) is 0 Å². The molecule has 0 heterocycles.